The van der Waals surface area contributed by atoms with Gasteiger partial charge in [0.25, 0.3) is 0 Å². The summed E-state index contributed by atoms with van der Waals surface area (Å²) in [4.78, 5) is 4.95. The molecule has 0 radical (unpaired) electrons. The second kappa shape index (κ2) is 9.48. The minimum atomic E-state index is 0.413. The van der Waals surface area contributed by atoms with Gasteiger partial charge in [-0.3, -0.25) is 0 Å². The fraction of sp³-hybridized carbons (Fsp3) is 0.250. The number of benzene rings is 2. The average Bonchev–Trinajstić information content (AvgIpc) is 3.33. The Hall–Kier alpha value is -1.99. The highest BCUT2D eigenvalue weighted by Gasteiger charge is 2.20. The van der Waals surface area contributed by atoms with Crippen LogP contribution in [0.1, 0.15) is 25.1 Å². The van der Waals surface area contributed by atoms with Crippen LogP contribution >= 0.6 is 46.3 Å². The van der Waals surface area contributed by atoms with Gasteiger partial charge in [-0.1, -0.05) is 66.1 Å². The van der Waals surface area contributed by atoms with Crippen molar-refractivity contribution in [3.63, 3.8) is 0 Å². The van der Waals surface area contributed by atoms with E-state index in [0.717, 1.165) is 43.2 Å². The van der Waals surface area contributed by atoms with Crippen molar-refractivity contribution >= 4 is 46.3 Å². The molecule has 0 fully saturated rings. The van der Waals surface area contributed by atoms with Crippen LogP contribution in [0.2, 0.25) is 10.0 Å². The maximum absolute atomic E-state index is 6.29. The molecular weight excluding hydrogens is 481 g/mol. The normalized spacial score (nSPS) is 11.4. The van der Waals surface area contributed by atoms with Gasteiger partial charge in [0.1, 0.15) is 5.75 Å². The van der Waals surface area contributed by atoms with Gasteiger partial charge >= 0.3 is 0 Å². The number of aryl methyl sites for hydroxylation is 2. The lowest BCUT2D eigenvalue weighted by molar-refractivity contribution is 0.416. The summed E-state index contributed by atoms with van der Waals surface area (Å²) in [6.45, 7) is 8.42. The van der Waals surface area contributed by atoms with Crippen molar-refractivity contribution < 1.29 is 4.74 Å². The summed E-state index contributed by atoms with van der Waals surface area (Å²) < 4.78 is 8.56. The molecule has 4 aromatic rings. The predicted octanol–water partition coefficient (Wildman–Crippen LogP) is 8.10. The summed E-state index contributed by atoms with van der Waals surface area (Å²) in [5, 5.41) is 7.04. The van der Waals surface area contributed by atoms with Gasteiger partial charge in [-0.2, -0.15) is 5.10 Å². The van der Waals surface area contributed by atoms with Gasteiger partial charge in [-0.15, -0.1) is 11.8 Å². The van der Waals surface area contributed by atoms with Crippen molar-refractivity contribution in [2.45, 2.75) is 37.2 Å². The zero-order valence-electron chi connectivity index (χ0n) is 18.4. The number of hydrogen-bond acceptors (Lipinski definition) is 5. The molecule has 0 aliphatic heterocycles. The molecule has 0 amide bonds. The molecule has 0 atom stereocenters. The highest BCUT2D eigenvalue weighted by atomic mass is 35.5. The van der Waals surface area contributed by atoms with E-state index in [0.29, 0.717) is 15.3 Å². The highest BCUT2D eigenvalue weighted by Crippen LogP contribution is 2.41. The molecule has 0 aliphatic rings. The third-order valence-electron chi connectivity index (χ3n) is 4.86. The van der Waals surface area contributed by atoms with Crippen molar-refractivity contribution in [1.82, 2.24) is 14.8 Å². The van der Waals surface area contributed by atoms with Gasteiger partial charge in [0.15, 0.2) is 0 Å². The Bertz CT molecular complexity index is 1280. The first-order valence-corrected chi connectivity index (χ1v) is 12.6. The SMILES string of the molecule is COc1ccc(C)cc1-c1cn(-c2nc(-c3ccc(Cl)c(Cl)c3)c(SC(C)C)s2)nc1C. The minimum absolute atomic E-state index is 0.413. The van der Waals surface area contributed by atoms with Crippen LogP contribution in [0.15, 0.2) is 46.8 Å². The van der Waals surface area contributed by atoms with Crippen LogP contribution in [0.3, 0.4) is 0 Å². The summed E-state index contributed by atoms with van der Waals surface area (Å²) in [6, 6.07) is 11.8. The van der Waals surface area contributed by atoms with Gasteiger partial charge < -0.3 is 4.74 Å². The summed E-state index contributed by atoms with van der Waals surface area (Å²) >= 11 is 15.8. The number of halogens is 2. The van der Waals surface area contributed by atoms with E-state index in [1.54, 1.807) is 30.2 Å². The van der Waals surface area contributed by atoms with Gasteiger partial charge in [0.2, 0.25) is 5.13 Å². The second-order valence-corrected chi connectivity index (χ2v) is 11.3. The first kappa shape index (κ1) is 23.2. The van der Waals surface area contributed by atoms with Crippen LogP contribution in [0.4, 0.5) is 0 Å². The fourth-order valence-corrected chi connectivity index (χ4v) is 6.11. The molecular formula is C24H23Cl2N3OS2. The summed E-state index contributed by atoms with van der Waals surface area (Å²) in [6.07, 6.45) is 2.02. The largest absolute Gasteiger partial charge is 0.496 e. The number of nitrogens with zero attached hydrogens (tertiary/aromatic N) is 3. The van der Waals surface area contributed by atoms with Crippen molar-refractivity contribution in [3.05, 3.63) is 63.9 Å². The van der Waals surface area contributed by atoms with Crippen molar-refractivity contribution in [2.75, 3.05) is 7.11 Å². The van der Waals surface area contributed by atoms with Crippen molar-refractivity contribution in [2.24, 2.45) is 0 Å². The Morgan fingerprint density at radius 3 is 2.50 bits per heavy atom. The molecule has 0 saturated heterocycles. The van der Waals surface area contributed by atoms with Crippen LogP contribution in [0.5, 0.6) is 5.75 Å². The number of ether oxygens (including phenoxy) is 1. The molecule has 0 spiro atoms. The lowest BCUT2D eigenvalue weighted by Crippen LogP contribution is -1.94. The van der Waals surface area contributed by atoms with Crippen LogP contribution in [0.25, 0.3) is 27.5 Å². The molecule has 4 rings (SSSR count). The molecule has 0 bridgehead atoms. The molecule has 166 valence electrons. The molecule has 8 heteroatoms. The molecule has 4 nitrogen and oxygen atoms in total. The first-order chi connectivity index (χ1) is 15.3. The van der Waals surface area contributed by atoms with Crippen LogP contribution in [0, 0.1) is 13.8 Å². The van der Waals surface area contributed by atoms with E-state index < -0.39 is 0 Å². The number of aromatic nitrogens is 3. The van der Waals surface area contributed by atoms with Crippen molar-refractivity contribution in [1.29, 1.82) is 0 Å². The molecule has 32 heavy (non-hydrogen) atoms. The Morgan fingerprint density at radius 1 is 1.03 bits per heavy atom. The third kappa shape index (κ3) is 4.69. The summed E-state index contributed by atoms with van der Waals surface area (Å²) in [5.41, 5.74) is 5.96. The standard InChI is InChI=1S/C24H23Cl2N3OS2/c1-13(2)31-23-22(16-7-8-19(25)20(26)11-16)27-24(32-23)29-12-18(15(4)28-29)17-10-14(3)6-9-21(17)30-5/h6-13H,1-5H3. The molecule has 0 saturated carbocycles. The van der Waals surface area contributed by atoms with Gasteiger partial charge in [-0.05, 0) is 38.1 Å². The number of thiazole rings is 1. The first-order valence-electron chi connectivity index (χ1n) is 10.1. The third-order valence-corrected chi connectivity index (χ3v) is 7.86. The molecule has 0 N–H and O–H groups in total. The van der Waals surface area contributed by atoms with Crippen LogP contribution in [-0.2, 0) is 0 Å². The predicted molar refractivity (Wildman–Crippen MR) is 137 cm³/mol. The molecule has 2 heterocycles. The fourth-order valence-electron chi connectivity index (χ4n) is 3.37. The Balaban J connectivity index is 1.81. The van der Waals surface area contributed by atoms with Gasteiger partial charge in [0.05, 0.1) is 32.8 Å². The van der Waals surface area contributed by atoms with E-state index in [2.05, 4.69) is 26.8 Å². The van der Waals surface area contributed by atoms with E-state index in [9.17, 15) is 0 Å². The van der Waals surface area contributed by atoms with Crippen LogP contribution < -0.4 is 4.74 Å². The van der Waals surface area contributed by atoms with E-state index in [4.69, 9.17) is 38.0 Å². The molecule has 0 unspecified atom stereocenters. The average molecular weight is 505 g/mol. The number of methoxy groups -OCH3 is 1. The molecule has 0 aliphatic carbocycles. The quantitative estimate of drug-likeness (QED) is 0.249. The monoisotopic (exact) mass is 503 g/mol. The highest BCUT2D eigenvalue weighted by molar-refractivity contribution is 8.01. The Labute approximate surface area is 206 Å². The minimum Gasteiger partial charge on any atom is -0.496 e. The maximum atomic E-state index is 6.29. The zero-order chi connectivity index (χ0) is 23.0. The summed E-state index contributed by atoms with van der Waals surface area (Å²) in [7, 11) is 1.69. The molecule has 2 aromatic carbocycles. The number of hydrogen-bond donors (Lipinski definition) is 0. The zero-order valence-corrected chi connectivity index (χ0v) is 21.6. The van der Waals surface area contributed by atoms with E-state index >= 15 is 0 Å². The lowest BCUT2D eigenvalue weighted by Gasteiger charge is -2.08. The molecule has 2 aromatic heterocycles. The Kier molecular flexibility index (Phi) is 6.86. The van der Waals surface area contributed by atoms with Gasteiger partial charge in [0, 0.05) is 28.1 Å². The van der Waals surface area contributed by atoms with Crippen molar-refractivity contribution in [3.8, 4) is 33.3 Å². The summed E-state index contributed by atoms with van der Waals surface area (Å²) in [5.74, 6) is 0.824. The number of thioether (sulfide) groups is 1. The Morgan fingerprint density at radius 2 is 1.81 bits per heavy atom. The number of rotatable bonds is 6. The lowest BCUT2D eigenvalue weighted by atomic mass is 10.0. The van der Waals surface area contributed by atoms with E-state index in [1.807, 2.05) is 48.1 Å². The maximum Gasteiger partial charge on any atom is 0.211 e. The van der Waals surface area contributed by atoms with E-state index in [-0.39, 0.29) is 0 Å². The van der Waals surface area contributed by atoms with E-state index in [1.165, 1.54) is 5.56 Å². The van der Waals surface area contributed by atoms with Crippen LogP contribution in [-0.4, -0.2) is 27.1 Å². The second-order valence-electron chi connectivity index (χ2n) is 7.70. The topological polar surface area (TPSA) is 39.9 Å². The van der Waals surface area contributed by atoms with Gasteiger partial charge in [-0.25, -0.2) is 9.67 Å². The smallest absolute Gasteiger partial charge is 0.211 e.